The molecule has 0 radical (unpaired) electrons. The number of aliphatic carboxylic acids is 1. The minimum atomic E-state index is -1.07. The van der Waals surface area contributed by atoms with Crippen molar-refractivity contribution in [1.82, 2.24) is 0 Å². The van der Waals surface area contributed by atoms with Crippen LogP contribution in [-0.2, 0) is 9.59 Å². The standard InChI is InChI=1S/C13H13NO5/c1-6-7(12(16)17)3-2-4-10(6)14-11(15)8-5-9(8)13(18)19/h2-4,8-9H,5H2,1H3,(H,14,15)(H,16,17)(H,18,19). The van der Waals surface area contributed by atoms with Crippen molar-refractivity contribution in [3.63, 3.8) is 0 Å². The molecule has 19 heavy (non-hydrogen) atoms. The lowest BCUT2D eigenvalue weighted by atomic mass is 10.1. The number of anilines is 1. The van der Waals surface area contributed by atoms with Gasteiger partial charge in [-0.25, -0.2) is 4.79 Å². The normalized spacial score (nSPS) is 20.7. The van der Waals surface area contributed by atoms with Crippen molar-refractivity contribution >= 4 is 23.5 Å². The molecular weight excluding hydrogens is 250 g/mol. The van der Waals surface area contributed by atoms with Gasteiger partial charge >= 0.3 is 11.9 Å². The lowest BCUT2D eigenvalue weighted by Gasteiger charge is -2.10. The Bertz CT molecular complexity index is 566. The summed E-state index contributed by atoms with van der Waals surface area (Å²) >= 11 is 0. The third kappa shape index (κ3) is 2.57. The number of hydrogen-bond donors (Lipinski definition) is 3. The van der Waals surface area contributed by atoms with E-state index in [2.05, 4.69) is 5.32 Å². The van der Waals surface area contributed by atoms with Gasteiger partial charge in [0, 0.05) is 5.69 Å². The Balaban J connectivity index is 2.12. The van der Waals surface area contributed by atoms with Crippen LogP contribution in [0.2, 0.25) is 0 Å². The topological polar surface area (TPSA) is 104 Å². The Hall–Kier alpha value is -2.37. The second kappa shape index (κ2) is 4.72. The van der Waals surface area contributed by atoms with Gasteiger partial charge in [-0.3, -0.25) is 9.59 Å². The van der Waals surface area contributed by atoms with E-state index in [0.717, 1.165) is 0 Å². The first-order chi connectivity index (χ1) is 8.91. The number of carboxylic acids is 2. The van der Waals surface area contributed by atoms with Gasteiger partial charge in [0.2, 0.25) is 5.91 Å². The molecule has 0 saturated heterocycles. The molecule has 1 aromatic carbocycles. The first-order valence-corrected chi connectivity index (χ1v) is 5.78. The number of carboxylic acid groups (broad SMARTS) is 2. The van der Waals surface area contributed by atoms with Crippen LogP contribution in [0.1, 0.15) is 22.3 Å². The fourth-order valence-corrected chi connectivity index (χ4v) is 1.99. The molecule has 0 heterocycles. The van der Waals surface area contributed by atoms with Crippen molar-refractivity contribution in [3.8, 4) is 0 Å². The van der Waals surface area contributed by atoms with Gasteiger partial charge in [0.15, 0.2) is 0 Å². The molecular formula is C13H13NO5. The lowest BCUT2D eigenvalue weighted by Crippen LogP contribution is -2.18. The van der Waals surface area contributed by atoms with Crippen molar-refractivity contribution in [2.24, 2.45) is 11.8 Å². The van der Waals surface area contributed by atoms with Crippen molar-refractivity contribution in [3.05, 3.63) is 29.3 Å². The maximum atomic E-state index is 11.8. The molecule has 2 rings (SSSR count). The van der Waals surface area contributed by atoms with Crippen LogP contribution >= 0.6 is 0 Å². The fraction of sp³-hybridized carbons (Fsp3) is 0.308. The Labute approximate surface area is 109 Å². The number of carbonyl (C=O) groups excluding carboxylic acids is 1. The summed E-state index contributed by atoms with van der Waals surface area (Å²) in [6, 6.07) is 4.58. The molecule has 6 nitrogen and oxygen atoms in total. The van der Waals surface area contributed by atoms with Gasteiger partial charge in [-0.1, -0.05) is 6.07 Å². The van der Waals surface area contributed by atoms with Gasteiger partial charge in [0.05, 0.1) is 17.4 Å². The monoisotopic (exact) mass is 263 g/mol. The third-order valence-electron chi connectivity index (χ3n) is 3.27. The van der Waals surface area contributed by atoms with Crippen LogP contribution in [0, 0.1) is 18.8 Å². The molecule has 1 amide bonds. The molecule has 2 unspecified atom stereocenters. The summed E-state index contributed by atoms with van der Waals surface area (Å²) < 4.78 is 0. The van der Waals surface area contributed by atoms with E-state index in [1.54, 1.807) is 13.0 Å². The van der Waals surface area contributed by atoms with Gasteiger partial charge in [0.1, 0.15) is 0 Å². The van der Waals surface area contributed by atoms with E-state index in [9.17, 15) is 14.4 Å². The number of hydrogen-bond acceptors (Lipinski definition) is 3. The van der Waals surface area contributed by atoms with Crippen LogP contribution in [0.25, 0.3) is 0 Å². The Kier molecular flexibility index (Phi) is 3.25. The summed E-state index contributed by atoms with van der Waals surface area (Å²) in [4.78, 5) is 33.4. The summed E-state index contributed by atoms with van der Waals surface area (Å²) in [7, 11) is 0. The number of aromatic carboxylic acids is 1. The summed E-state index contributed by atoms with van der Waals surface area (Å²) in [5.74, 6) is -3.56. The smallest absolute Gasteiger partial charge is 0.336 e. The van der Waals surface area contributed by atoms with E-state index in [-0.39, 0.29) is 11.5 Å². The molecule has 100 valence electrons. The Morgan fingerprint density at radius 1 is 1.21 bits per heavy atom. The highest BCUT2D eigenvalue weighted by atomic mass is 16.4. The van der Waals surface area contributed by atoms with Crippen LogP contribution in [-0.4, -0.2) is 28.1 Å². The maximum absolute atomic E-state index is 11.8. The van der Waals surface area contributed by atoms with Crippen molar-refractivity contribution in [1.29, 1.82) is 0 Å². The largest absolute Gasteiger partial charge is 0.481 e. The number of rotatable bonds is 4. The highest BCUT2D eigenvalue weighted by Crippen LogP contribution is 2.39. The van der Waals surface area contributed by atoms with Crippen molar-refractivity contribution in [2.75, 3.05) is 5.32 Å². The predicted octanol–water partition coefficient (Wildman–Crippen LogP) is 1.35. The molecule has 0 bridgehead atoms. The Morgan fingerprint density at radius 3 is 2.42 bits per heavy atom. The second-order valence-electron chi connectivity index (χ2n) is 4.56. The summed E-state index contributed by atoms with van der Waals surface area (Å²) in [6.45, 7) is 1.60. The summed E-state index contributed by atoms with van der Waals surface area (Å²) in [5.41, 5.74) is 0.972. The van der Waals surface area contributed by atoms with Gasteiger partial charge in [-0.2, -0.15) is 0 Å². The van der Waals surface area contributed by atoms with Crippen LogP contribution in [0.15, 0.2) is 18.2 Å². The first-order valence-electron chi connectivity index (χ1n) is 5.78. The van der Waals surface area contributed by atoms with Gasteiger partial charge in [-0.15, -0.1) is 0 Å². The zero-order chi connectivity index (χ0) is 14.2. The molecule has 0 aliphatic heterocycles. The van der Waals surface area contributed by atoms with E-state index in [0.29, 0.717) is 17.7 Å². The average molecular weight is 263 g/mol. The second-order valence-corrected chi connectivity index (χ2v) is 4.56. The number of benzene rings is 1. The van der Waals surface area contributed by atoms with E-state index >= 15 is 0 Å². The minimum Gasteiger partial charge on any atom is -0.481 e. The highest BCUT2D eigenvalue weighted by Gasteiger charge is 2.48. The van der Waals surface area contributed by atoms with E-state index in [4.69, 9.17) is 10.2 Å². The molecule has 0 spiro atoms. The fourth-order valence-electron chi connectivity index (χ4n) is 1.99. The number of nitrogens with one attached hydrogen (secondary N) is 1. The number of carbonyl (C=O) groups is 3. The van der Waals surface area contributed by atoms with E-state index < -0.39 is 23.8 Å². The quantitative estimate of drug-likeness (QED) is 0.760. The van der Waals surface area contributed by atoms with Crippen LogP contribution in [0.3, 0.4) is 0 Å². The van der Waals surface area contributed by atoms with Gasteiger partial charge in [0.25, 0.3) is 0 Å². The van der Waals surface area contributed by atoms with E-state index in [1.165, 1.54) is 12.1 Å². The van der Waals surface area contributed by atoms with Crippen LogP contribution in [0.4, 0.5) is 5.69 Å². The Morgan fingerprint density at radius 2 is 1.89 bits per heavy atom. The zero-order valence-corrected chi connectivity index (χ0v) is 10.2. The number of amides is 1. The average Bonchev–Trinajstić information content (AvgIpc) is 3.11. The molecule has 1 aliphatic rings. The molecule has 0 aromatic heterocycles. The predicted molar refractivity (Wildman–Crippen MR) is 66.0 cm³/mol. The van der Waals surface area contributed by atoms with Crippen molar-refractivity contribution in [2.45, 2.75) is 13.3 Å². The lowest BCUT2D eigenvalue weighted by molar-refractivity contribution is -0.139. The molecule has 1 fully saturated rings. The molecule has 1 aromatic rings. The summed E-state index contributed by atoms with van der Waals surface area (Å²) in [5, 5.41) is 20.3. The SMILES string of the molecule is Cc1c(NC(=O)C2CC2C(=O)O)cccc1C(=O)O. The third-order valence-corrected chi connectivity index (χ3v) is 3.27. The van der Waals surface area contributed by atoms with Crippen LogP contribution < -0.4 is 5.32 Å². The molecule has 1 saturated carbocycles. The molecule has 1 aliphatic carbocycles. The highest BCUT2D eigenvalue weighted by molar-refractivity contribution is 6.00. The van der Waals surface area contributed by atoms with Gasteiger partial charge < -0.3 is 15.5 Å². The van der Waals surface area contributed by atoms with Gasteiger partial charge in [-0.05, 0) is 31.0 Å². The zero-order valence-electron chi connectivity index (χ0n) is 10.2. The maximum Gasteiger partial charge on any atom is 0.336 e. The molecule has 2 atom stereocenters. The van der Waals surface area contributed by atoms with Crippen LogP contribution in [0.5, 0.6) is 0 Å². The van der Waals surface area contributed by atoms with Crippen molar-refractivity contribution < 1.29 is 24.6 Å². The minimum absolute atomic E-state index is 0.114. The first kappa shape index (κ1) is 13.1. The molecule has 3 N–H and O–H groups in total. The van der Waals surface area contributed by atoms with E-state index in [1.807, 2.05) is 0 Å². The summed E-state index contributed by atoms with van der Waals surface area (Å²) in [6.07, 6.45) is 0.332. The molecule has 6 heteroatoms.